The normalized spacial score (nSPS) is 14.6. The molecular formula is C31H39N5O3. The van der Waals surface area contributed by atoms with E-state index in [1.54, 1.807) is 6.07 Å². The SMILES string of the molecule is CC(C)(C)OC(=O)NCCCN1CCC(NC(=O)c2cc3ccc(C#N)cc3n2CCc2ccccc2)CC1. The predicted octanol–water partition coefficient (Wildman–Crippen LogP) is 4.86. The summed E-state index contributed by atoms with van der Waals surface area (Å²) in [5, 5.41) is 16.4. The number of amides is 2. The standard InChI is InChI=1S/C31H39N5O3/c1-31(2,3)39-30(38)33-15-7-16-35-17-13-26(14-18-35)34-29(37)28-21-25-11-10-24(22-32)20-27(25)36(28)19-12-23-8-5-4-6-9-23/h4-6,8-11,20-21,26H,7,12-19H2,1-3H3,(H,33,38)(H,34,37). The summed E-state index contributed by atoms with van der Waals surface area (Å²) in [6.07, 6.45) is 3.03. The van der Waals surface area contributed by atoms with E-state index >= 15 is 0 Å². The lowest BCUT2D eigenvalue weighted by atomic mass is 10.0. The lowest BCUT2D eigenvalue weighted by Gasteiger charge is -2.32. The molecule has 0 spiro atoms. The minimum atomic E-state index is -0.494. The van der Waals surface area contributed by atoms with Gasteiger partial charge in [-0.2, -0.15) is 5.26 Å². The second kappa shape index (κ2) is 12.8. The number of aryl methyl sites for hydroxylation is 2. The molecule has 2 N–H and O–H groups in total. The molecule has 1 aromatic heterocycles. The first-order valence-corrected chi connectivity index (χ1v) is 13.8. The summed E-state index contributed by atoms with van der Waals surface area (Å²) in [6.45, 7) is 9.48. The number of nitrogens with zero attached hydrogens (tertiary/aromatic N) is 3. The molecule has 4 rings (SSSR count). The second-order valence-electron chi connectivity index (χ2n) is 11.2. The Labute approximate surface area is 230 Å². The number of fused-ring (bicyclic) bond motifs is 1. The number of nitrogens with one attached hydrogen (secondary N) is 2. The second-order valence-corrected chi connectivity index (χ2v) is 11.2. The van der Waals surface area contributed by atoms with Crippen LogP contribution in [0.3, 0.4) is 0 Å². The molecule has 8 heteroatoms. The maximum absolute atomic E-state index is 13.5. The molecule has 1 aliphatic heterocycles. The Kier molecular flexibility index (Phi) is 9.26. The predicted molar refractivity (Wildman–Crippen MR) is 153 cm³/mol. The molecule has 0 aliphatic carbocycles. The van der Waals surface area contributed by atoms with Crippen LogP contribution in [0, 0.1) is 11.3 Å². The van der Waals surface area contributed by atoms with Crippen LogP contribution in [0.2, 0.25) is 0 Å². The van der Waals surface area contributed by atoms with Crippen LogP contribution in [0.15, 0.2) is 54.6 Å². The van der Waals surface area contributed by atoms with Gasteiger partial charge in [0, 0.05) is 43.1 Å². The number of rotatable bonds is 9. The van der Waals surface area contributed by atoms with Crippen molar-refractivity contribution in [2.75, 3.05) is 26.2 Å². The van der Waals surface area contributed by atoms with Crippen molar-refractivity contribution >= 4 is 22.9 Å². The largest absolute Gasteiger partial charge is 0.444 e. The van der Waals surface area contributed by atoms with E-state index in [1.165, 1.54) is 5.56 Å². The molecule has 1 saturated heterocycles. The number of alkyl carbamates (subject to hydrolysis) is 1. The molecule has 3 aromatic rings. The first kappa shape index (κ1) is 28.2. The molecule has 8 nitrogen and oxygen atoms in total. The number of likely N-dealkylation sites (tertiary alicyclic amines) is 1. The fourth-order valence-electron chi connectivity index (χ4n) is 5.01. The summed E-state index contributed by atoms with van der Waals surface area (Å²) in [6, 6.07) is 20.1. The van der Waals surface area contributed by atoms with E-state index in [0.717, 1.165) is 56.2 Å². The number of nitriles is 1. The number of aromatic nitrogens is 1. The monoisotopic (exact) mass is 529 g/mol. The summed E-state index contributed by atoms with van der Waals surface area (Å²) in [5.74, 6) is -0.0715. The lowest BCUT2D eigenvalue weighted by Crippen LogP contribution is -2.45. The Morgan fingerprint density at radius 1 is 1.05 bits per heavy atom. The Bertz CT molecular complexity index is 1310. The average Bonchev–Trinajstić information content (AvgIpc) is 3.28. The van der Waals surface area contributed by atoms with Crippen molar-refractivity contribution in [1.29, 1.82) is 5.26 Å². The highest BCUT2D eigenvalue weighted by atomic mass is 16.6. The molecule has 0 saturated carbocycles. The van der Waals surface area contributed by atoms with E-state index in [-0.39, 0.29) is 18.0 Å². The zero-order valence-corrected chi connectivity index (χ0v) is 23.2. The zero-order valence-electron chi connectivity index (χ0n) is 23.2. The van der Waals surface area contributed by atoms with Crippen LogP contribution in [-0.2, 0) is 17.7 Å². The van der Waals surface area contributed by atoms with E-state index in [0.29, 0.717) is 24.3 Å². The summed E-state index contributed by atoms with van der Waals surface area (Å²) in [5.41, 5.74) is 2.83. The summed E-state index contributed by atoms with van der Waals surface area (Å²) < 4.78 is 7.32. The van der Waals surface area contributed by atoms with Gasteiger partial charge in [0.25, 0.3) is 5.91 Å². The van der Waals surface area contributed by atoms with Crippen LogP contribution in [-0.4, -0.2) is 59.3 Å². The van der Waals surface area contributed by atoms with Crippen LogP contribution in [0.4, 0.5) is 4.79 Å². The topological polar surface area (TPSA) is 99.4 Å². The maximum Gasteiger partial charge on any atom is 0.407 e. The Balaban J connectivity index is 1.32. The number of carbonyl (C=O) groups is 2. The van der Waals surface area contributed by atoms with Gasteiger partial charge in [0.05, 0.1) is 11.6 Å². The van der Waals surface area contributed by atoms with E-state index < -0.39 is 5.60 Å². The molecule has 206 valence electrons. The molecule has 1 aliphatic rings. The molecule has 39 heavy (non-hydrogen) atoms. The molecular weight excluding hydrogens is 490 g/mol. The number of hydrogen-bond donors (Lipinski definition) is 2. The van der Waals surface area contributed by atoms with E-state index in [2.05, 4.69) is 33.7 Å². The van der Waals surface area contributed by atoms with Crippen molar-refractivity contribution in [2.45, 2.75) is 64.6 Å². The Morgan fingerprint density at radius 2 is 1.79 bits per heavy atom. The first-order chi connectivity index (χ1) is 18.7. The minimum Gasteiger partial charge on any atom is -0.444 e. The van der Waals surface area contributed by atoms with Crippen molar-refractivity contribution < 1.29 is 14.3 Å². The van der Waals surface area contributed by atoms with E-state index in [4.69, 9.17) is 4.74 Å². The van der Waals surface area contributed by atoms with E-state index in [1.807, 2.05) is 61.7 Å². The highest BCUT2D eigenvalue weighted by Gasteiger charge is 2.23. The fourth-order valence-corrected chi connectivity index (χ4v) is 5.01. The Hall–Kier alpha value is -3.83. The third kappa shape index (κ3) is 8.08. The van der Waals surface area contributed by atoms with Gasteiger partial charge in [0.2, 0.25) is 0 Å². The van der Waals surface area contributed by atoms with Crippen LogP contribution in [0.1, 0.15) is 61.6 Å². The van der Waals surface area contributed by atoms with Crippen molar-refractivity contribution in [2.24, 2.45) is 0 Å². The first-order valence-electron chi connectivity index (χ1n) is 13.8. The van der Waals surface area contributed by atoms with Crippen molar-refractivity contribution in [3.05, 3.63) is 71.4 Å². The molecule has 2 aromatic carbocycles. The Morgan fingerprint density at radius 3 is 2.49 bits per heavy atom. The number of carbonyl (C=O) groups excluding carboxylic acids is 2. The summed E-state index contributed by atoms with van der Waals surface area (Å²) >= 11 is 0. The number of piperidine rings is 1. The quantitative estimate of drug-likeness (QED) is 0.386. The highest BCUT2D eigenvalue weighted by molar-refractivity contribution is 5.99. The smallest absolute Gasteiger partial charge is 0.407 e. The van der Waals surface area contributed by atoms with Crippen LogP contribution < -0.4 is 10.6 Å². The van der Waals surface area contributed by atoms with Crippen LogP contribution >= 0.6 is 0 Å². The average molecular weight is 530 g/mol. The van der Waals surface area contributed by atoms with Gasteiger partial charge in [0.15, 0.2) is 0 Å². The van der Waals surface area contributed by atoms with Gasteiger partial charge in [-0.1, -0.05) is 36.4 Å². The fraction of sp³-hybridized carbons (Fsp3) is 0.452. The van der Waals surface area contributed by atoms with Gasteiger partial charge < -0.3 is 24.8 Å². The number of ether oxygens (including phenoxy) is 1. The zero-order chi connectivity index (χ0) is 27.8. The third-order valence-corrected chi connectivity index (χ3v) is 6.98. The van der Waals surface area contributed by atoms with Gasteiger partial charge in [0.1, 0.15) is 11.3 Å². The van der Waals surface area contributed by atoms with Crippen LogP contribution in [0.25, 0.3) is 10.9 Å². The maximum atomic E-state index is 13.5. The van der Waals surface area contributed by atoms with E-state index in [9.17, 15) is 14.9 Å². The van der Waals surface area contributed by atoms with Gasteiger partial charge >= 0.3 is 6.09 Å². The van der Waals surface area contributed by atoms with Crippen molar-refractivity contribution in [3.8, 4) is 6.07 Å². The molecule has 0 radical (unpaired) electrons. The van der Waals surface area contributed by atoms with Gasteiger partial charge in [-0.05, 0) is 76.8 Å². The van der Waals surface area contributed by atoms with Crippen LogP contribution in [0.5, 0.6) is 0 Å². The summed E-state index contributed by atoms with van der Waals surface area (Å²) in [4.78, 5) is 27.6. The molecule has 2 heterocycles. The molecule has 2 amide bonds. The summed E-state index contributed by atoms with van der Waals surface area (Å²) in [7, 11) is 0. The number of benzene rings is 2. The van der Waals surface area contributed by atoms with Gasteiger partial charge in [-0.3, -0.25) is 4.79 Å². The molecule has 0 unspecified atom stereocenters. The number of hydrogen-bond acceptors (Lipinski definition) is 5. The van der Waals surface area contributed by atoms with Gasteiger partial charge in [-0.25, -0.2) is 4.79 Å². The molecule has 0 atom stereocenters. The van der Waals surface area contributed by atoms with Gasteiger partial charge in [-0.15, -0.1) is 0 Å². The highest BCUT2D eigenvalue weighted by Crippen LogP contribution is 2.23. The third-order valence-electron chi connectivity index (χ3n) is 6.98. The molecule has 1 fully saturated rings. The molecule has 0 bridgehead atoms. The minimum absolute atomic E-state index is 0.0715. The van der Waals surface area contributed by atoms with Crippen molar-refractivity contribution in [1.82, 2.24) is 20.1 Å². The van der Waals surface area contributed by atoms with Crippen molar-refractivity contribution in [3.63, 3.8) is 0 Å². The lowest BCUT2D eigenvalue weighted by molar-refractivity contribution is 0.0525.